The molecule has 0 aromatic heterocycles. The number of ether oxygens (including phenoxy) is 1. The Labute approximate surface area is 141 Å². The van der Waals surface area contributed by atoms with E-state index in [4.69, 9.17) is 4.74 Å². The van der Waals surface area contributed by atoms with E-state index in [9.17, 15) is 13.2 Å². The minimum Gasteiger partial charge on any atom is -0.352 e. The first kappa shape index (κ1) is 16.5. The number of benzene rings is 2. The number of hydrogen-bond acceptors (Lipinski definition) is 4. The van der Waals surface area contributed by atoms with Crippen LogP contribution in [0.5, 0.6) is 0 Å². The number of carbonyl (C=O) groups is 1. The molecule has 0 aliphatic carbocycles. The Morgan fingerprint density at radius 2 is 1.79 bits per heavy atom. The summed E-state index contributed by atoms with van der Waals surface area (Å²) < 4.78 is 32.4. The molecule has 1 heterocycles. The van der Waals surface area contributed by atoms with Crippen molar-refractivity contribution in [1.29, 1.82) is 0 Å². The predicted octanol–water partition coefficient (Wildman–Crippen LogP) is 2.42. The van der Waals surface area contributed by atoms with Gasteiger partial charge < -0.3 is 4.74 Å². The quantitative estimate of drug-likeness (QED) is 0.926. The fourth-order valence-electron chi connectivity index (χ4n) is 2.52. The summed E-state index contributed by atoms with van der Waals surface area (Å²) in [5.41, 5.74) is 1.75. The molecular formula is C17H18N2O4S. The van der Waals surface area contributed by atoms with Crippen LogP contribution < -0.4 is 4.72 Å². The van der Waals surface area contributed by atoms with Crippen molar-refractivity contribution in [2.24, 2.45) is 0 Å². The van der Waals surface area contributed by atoms with Crippen molar-refractivity contribution >= 4 is 16.1 Å². The lowest BCUT2D eigenvalue weighted by Crippen LogP contribution is -2.42. The van der Waals surface area contributed by atoms with E-state index in [0.29, 0.717) is 13.2 Å². The number of nitrogens with one attached hydrogen (secondary N) is 1. The fourth-order valence-corrected chi connectivity index (χ4v) is 3.48. The van der Waals surface area contributed by atoms with E-state index in [2.05, 4.69) is 4.72 Å². The number of hydrogen-bond donors (Lipinski definition) is 1. The van der Waals surface area contributed by atoms with Crippen LogP contribution in [0.4, 0.5) is 4.79 Å². The van der Waals surface area contributed by atoms with Gasteiger partial charge in [0, 0.05) is 12.1 Å². The SMILES string of the molecule is Cc1ccc(S(=O)(=O)NC(=O)N2CCOC2c2ccccc2)cc1. The molecular weight excluding hydrogens is 328 g/mol. The average Bonchev–Trinajstić information content (AvgIpc) is 3.05. The first-order valence-corrected chi connectivity index (χ1v) is 9.02. The molecule has 6 nitrogen and oxygen atoms in total. The Morgan fingerprint density at radius 1 is 1.12 bits per heavy atom. The molecule has 24 heavy (non-hydrogen) atoms. The minimum absolute atomic E-state index is 0.0535. The third-order valence-electron chi connectivity index (χ3n) is 3.79. The first-order chi connectivity index (χ1) is 11.5. The number of rotatable bonds is 3. The zero-order chi connectivity index (χ0) is 17.2. The van der Waals surface area contributed by atoms with Crippen LogP contribution in [0.1, 0.15) is 17.4 Å². The van der Waals surface area contributed by atoms with E-state index in [1.54, 1.807) is 12.1 Å². The van der Waals surface area contributed by atoms with Gasteiger partial charge in [0.25, 0.3) is 10.0 Å². The lowest BCUT2D eigenvalue weighted by Gasteiger charge is -2.23. The topological polar surface area (TPSA) is 75.7 Å². The van der Waals surface area contributed by atoms with Gasteiger partial charge >= 0.3 is 6.03 Å². The summed E-state index contributed by atoms with van der Waals surface area (Å²) in [6.07, 6.45) is -0.584. The Morgan fingerprint density at radius 3 is 2.46 bits per heavy atom. The van der Waals surface area contributed by atoms with E-state index in [1.807, 2.05) is 37.3 Å². The summed E-state index contributed by atoms with van der Waals surface area (Å²) in [5.74, 6) is 0. The molecule has 126 valence electrons. The van der Waals surface area contributed by atoms with Crippen LogP contribution in [0.2, 0.25) is 0 Å². The molecule has 1 saturated heterocycles. The molecule has 0 spiro atoms. The van der Waals surface area contributed by atoms with Crippen LogP contribution in [0.3, 0.4) is 0 Å². The van der Waals surface area contributed by atoms with Crippen molar-refractivity contribution in [3.8, 4) is 0 Å². The van der Waals surface area contributed by atoms with Gasteiger partial charge in [-0.25, -0.2) is 17.9 Å². The lowest BCUT2D eigenvalue weighted by atomic mass is 10.2. The maximum atomic E-state index is 12.4. The van der Waals surface area contributed by atoms with Crippen LogP contribution in [0.15, 0.2) is 59.5 Å². The van der Waals surface area contributed by atoms with Crippen molar-refractivity contribution in [1.82, 2.24) is 9.62 Å². The Balaban J connectivity index is 1.77. The highest BCUT2D eigenvalue weighted by Gasteiger charge is 2.33. The largest absolute Gasteiger partial charge is 0.352 e. The third-order valence-corrected chi connectivity index (χ3v) is 5.13. The summed E-state index contributed by atoms with van der Waals surface area (Å²) in [6.45, 7) is 2.55. The summed E-state index contributed by atoms with van der Waals surface area (Å²) in [6, 6.07) is 14.9. The maximum absolute atomic E-state index is 12.4. The smallest absolute Gasteiger partial charge is 0.333 e. The average molecular weight is 346 g/mol. The Hall–Kier alpha value is -2.38. The van der Waals surface area contributed by atoms with Crippen LogP contribution in [0, 0.1) is 6.92 Å². The van der Waals surface area contributed by atoms with Crippen molar-refractivity contribution in [3.63, 3.8) is 0 Å². The molecule has 1 aliphatic rings. The predicted molar refractivity (Wildman–Crippen MR) is 88.7 cm³/mol. The number of urea groups is 1. The van der Waals surface area contributed by atoms with E-state index >= 15 is 0 Å². The van der Waals surface area contributed by atoms with Gasteiger partial charge in [0.2, 0.25) is 0 Å². The zero-order valence-electron chi connectivity index (χ0n) is 13.2. The molecule has 1 fully saturated rings. The van der Waals surface area contributed by atoms with E-state index < -0.39 is 22.3 Å². The summed E-state index contributed by atoms with van der Waals surface area (Å²) in [5, 5.41) is 0. The second kappa shape index (κ2) is 6.62. The third kappa shape index (κ3) is 3.42. The monoisotopic (exact) mass is 346 g/mol. The fraction of sp³-hybridized carbons (Fsp3) is 0.235. The summed E-state index contributed by atoms with van der Waals surface area (Å²) >= 11 is 0. The van der Waals surface area contributed by atoms with E-state index in [-0.39, 0.29) is 4.90 Å². The van der Waals surface area contributed by atoms with Crippen molar-refractivity contribution < 1.29 is 17.9 Å². The number of carbonyl (C=O) groups excluding carboxylic acids is 1. The summed E-state index contributed by atoms with van der Waals surface area (Å²) in [4.78, 5) is 13.9. The van der Waals surface area contributed by atoms with Crippen LogP contribution in [-0.4, -0.2) is 32.5 Å². The molecule has 0 saturated carbocycles. The van der Waals surface area contributed by atoms with Gasteiger partial charge in [0.1, 0.15) is 0 Å². The van der Waals surface area contributed by atoms with Gasteiger partial charge in [-0.2, -0.15) is 0 Å². The molecule has 1 aliphatic heterocycles. The minimum atomic E-state index is -3.92. The first-order valence-electron chi connectivity index (χ1n) is 7.54. The van der Waals surface area contributed by atoms with Gasteiger partial charge in [0.05, 0.1) is 11.5 Å². The summed E-state index contributed by atoms with van der Waals surface area (Å²) in [7, 11) is -3.92. The second-order valence-corrected chi connectivity index (χ2v) is 7.23. The van der Waals surface area contributed by atoms with Gasteiger partial charge in [-0.1, -0.05) is 48.0 Å². The van der Waals surface area contributed by atoms with E-state index in [1.165, 1.54) is 17.0 Å². The number of nitrogens with zero attached hydrogens (tertiary/aromatic N) is 1. The number of amides is 2. The zero-order valence-corrected chi connectivity index (χ0v) is 14.0. The molecule has 0 radical (unpaired) electrons. The Kier molecular flexibility index (Phi) is 4.55. The van der Waals surface area contributed by atoms with Gasteiger partial charge in [0.15, 0.2) is 6.23 Å². The van der Waals surface area contributed by atoms with Gasteiger partial charge in [-0.05, 0) is 19.1 Å². The van der Waals surface area contributed by atoms with Gasteiger partial charge in [-0.15, -0.1) is 0 Å². The lowest BCUT2D eigenvalue weighted by molar-refractivity contribution is 0.0503. The number of aryl methyl sites for hydroxylation is 1. The molecule has 2 aromatic carbocycles. The maximum Gasteiger partial charge on any atom is 0.333 e. The molecule has 0 bridgehead atoms. The van der Waals surface area contributed by atoms with E-state index in [0.717, 1.165) is 11.1 Å². The Bertz CT molecular complexity index is 819. The molecule has 1 unspecified atom stereocenters. The molecule has 7 heteroatoms. The van der Waals surface area contributed by atoms with Crippen LogP contribution in [0.25, 0.3) is 0 Å². The standard InChI is InChI=1S/C17H18N2O4S/c1-13-7-9-15(10-8-13)24(21,22)18-17(20)19-11-12-23-16(19)14-5-3-2-4-6-14/h2-10,16H,11-12H2,1H3,(H,18,20). The van der Waals surface area contributed by atoms with Crippen molar-refractivity contribution in [2.45, 2.75) is 18.0 Å². The number of sulfonamides is 1. The van der Waals surface area contributed by atoms with Gasteiger partial charge in [-0.3, -0.25) is 4.90 Å². The second-order valence-electron chi connectivity index (χ2n) is 5.55. The van der Waals surface area contributed by atoms with Crippen molar-refractivity contribution in [2.75, 3.05) is 13.2 Å². The van der Waals surface area contributed by atoms with Crippen molar-refractivity contribution in [3.05, 3.63) is 65.7 Å². The van der Waals surface area contributed by atoms with Crippen LogP contribution >= 0.6 is 0 Å². The molecule has 2 aromatic rings. The highest BCUT2D eigenvalue weighted by molar-refractivity contribution is 7.90. The highest BCUT2D eigenvalue weighted by atomic mass is 32.2. The molecule has 1 N–H and O–H groups in total. The molecule has 3 rings (SSSR count). The van der Waals surface area contributed by atoms with Crippen LogP contribution in [-0.2, 0) is 14.8 Å². The molecule has 2 amide bonds. The normalized spacial score (nSPS) is 17.7. The highest BCUT2D eigenvalue weighted by Crippen LogP contribution is 2.26. The molecule has 1 atom stereocenters.